The van der Waals surface area contributed by atoms with E-state index in [0.717, 1.165) is 50.7 Å². The molecular weight excluding hydrogens is 334 g/mol. The maximum atomic E-state index is 12.5. The number of nitrogens with one attached hydrogen (secondary N) is 2. The number of nitrogens with zero attached hydrogens (tertiary/aromatic N) is 1. The first-order valence-electron chi connectivity index (χ1n) is 10.8. The molecule has 1 aromatic rings. The van der Waals surface area contributed by atoms with Crippen LogP contribution in [0.3, 0.4) is 0 Å². The fourth-order valence-electron chi connectivity index (χ4n) is 5.45. The van der Waals surface area contributed by atoms with Crippen LogP contribution in [0.25, 0.3) is 0 Å². The number of likely N-dealkylation sites (tertiary alicyclic amines) is 1. The summed E-state index contributed by atoms with van der Waals surface area (Å²) in [6.45, 7) is 11.0. The zero-order chi connectivity index (χ0) is 18.9. The van der Waals surface area contributed by atoms with E-state index in [2.05, 4.69) is 53.6 Å². The van der Waals surface area contributed by atoms with Gasteiger partial charge in [-0.15, -0.1) is 0 Å². The predicted molar refractivity (Wildman–Crippen MR) is 109 cm³/mol. The van der Waals surface area contributed by atoms with Gasteiger partial charge in [-0.3, -0.25) is 9.69 Å². The van der Waals surface area contributed by atoms with Crippen LogP contribution < -0.4 is 10.6 Å². The first-order valence-corrected chi connectivity index (χ1v) is 10.8. The Morgan fingerprint density at radius 1 is 1.11 bits per heavy atom. The molecule has 1 aliphatic carbocycles. The molecule has 148 valence electrons. The van der Waals surface area contributed by atoms with Crippen molar-refractivity contribution in [2.75, 3.05) is 26.2 Å². The molecule has 3 unspecified atom stereocenters. The van der Waals surface area contributed by atoms with Crippen molar-refractivity contribution in [2.45, 2.75) is 52.6 Å². The number of hydrogen-bond donors (Lipinski definition) is 2. The van der Waals surface area contributed by atoms with Gasteiger partial charge < -0.3 is 10.6 Å². The molecule has 1 amide bonds. The molecule has 0 aromatic heterocycles. The quantitative estimate of drug-likeness (QED) is 0.838. The minimum atomic E-state index is 0.252. The van der Waals surface area contributed by atoms with Crippen LogP contribution >= 0.6 is 0 Å². The Balaban J connectivity index is 1.24. The highest BCUT2D eigenvalue weighted by atomic mass is 16.2. The second kappa shape index (κ2) is 7.92. The SMILES string of the molecule is CC1CC(C)CN(Cc2ccc(CNC(=O)C3CC34CCNCC4)cc2)C1. The number of benzene rings is 1. The summed E-state index contributed by atoms with van der Waals surface area (Å²) in [6, 6.07) is 8.83. The third-order valence-corrected chi connectivity index (χ3v) is 6.95. The zero-order valence-electron chi connectivity index (χ0n) is 17.0. The van der Waals surface area contributed by atoms with Gasteiger partial charge in [-0.25, -0.2) is 0 Å². The molecule has 1 saturated carbocycles. The Morgan fingerprint density at radius 3 is 2.41 bits per heavy atom. The lowest BCUT2D eigenvalue weighted by Gasteiger charge is -2.35. The van der Waals surface area contributed by atoms with Crippen molar-refractivity contribution < 1.29 is 4.79 Å². The molecule has 0 radical (unpaired) electrons. The first kappa shape index (κ1) is 18.9. The maximum absolute atomic E-state index is 12.5. The molecule has 3 atom stereocenters. The Bertz CT molecular complexity index is 640. The molecule has 4 nitrogen and oxygen atoms in total. The van der Waals surface area contributed by atoms with Gasteiger partial charge in [0.25, 0.3) is 0 Å². The van der Waals surface area contributed by atoms with Gasteiger partial charge in [0.05, 0.1) is 0 Å². The Kier molecular flexibility index (Phi) is 5.56. The third-order valence-electron chi connectivity index (χ3n) is 6.95. The second-order valence-electron chi connectivity index (χ2n) is 9.54. The Morgan fingerprint density at radius 2 is 1.74 bits per heavy atom. The largest absolute Gasteiger partial charge is 0.352 e. The summed E-state index contributed by atoms with van der Waals surface area (Å²) in [5.74, 6) is 2.11. The standard InChI is InChI=1S/C23H35N3O/c1-17-11-18(2)15-26(14-17)16-20-5-3-19(4-6-20)13-25-22(27)21-12-23(21)7-9-24-10-8-23/h3-6,17-18,21,24H,7-16H2,1-2H3,(H,25,27). The van der Waals surface area contributed by atoms with E-state index in [9.17, 15) is 4.79 Å². The summed E-state index contributed by atoms with van der Waals surface area (Å²) >= 11 is 0. The van der Waals surface area contributed by atoms with Gasteiger partial charge in [0.15, 0.2) is 0 Å². The van der Waals surface area contributed by atoms with Crippen molar-refractivity contribution in [1.82, 2.24) is 15.5 Å². The molecule has 4 heteroatoms. The van der Waals surface area contributed by atoms with E-state index < -0.39 is 0 Å². The molecule has 2 N–H and O–H groups in total. The van der Waals surface area contributed by atoms with Gasteiger partial charge in [-0.2, -0.15) is 0 Å². The number of carbonyl (C=O) groups excluding carboxylic acids is 1. The highest BCUT2D eigenvalue weighted by Gasteiger charge is 2.57. The molecule has 0 bridgehead atoms. The van der Waals surface area contributed by atoms with Crippen LogP contribution in [0.15, 0.2) is 24.3 Å². The fourth-order valence-corrected chi connectivity index (χ4v) is 5.45. The van der Waals surface area contributed by atoms with Crippen LogP contribution in [-0.4, -0.2) is 37.0 Å². The summed E-state index contributed by atoms with van der Waals surface area (Å²) in [4.78, 5) is 15.1. The van der Waals surface area contributed by atoms with Crippen LogP contribution in [0, 0.1) is 23.2 Å². The molecule has 2 heterocycles. The molecular formula is C23H35N3O. The van der Waals surface area contributed by atoms with Crippen LogP contribution in [0.5, 0.6) is 0 Å². The van der Waals surface area contributed by atoms with E-state index in [4.69, 9.17) is 0 Å². The van der Waals surface area contributed by atoms with Crippen LogP contribution in [0.4, 0.5) is 0 Å². The van der Waals surface area contributed by atoms with Crippen molar-refractivity contribution in [3.05, 3.63) is 35.4 Å². The second-order valence-corrected chi connectivity index (χ2v) is 9.54. The smallest absolute Gasteiger partial charge is 0.223 e. The van der Waals surface area contributed by atoms with E-state index in [-0.39, 0.29) is 11.8 Å². The lowest BCUT2D eigenvalue weighted by Crippen LogP contribution is -2.38. The molecule has 1 spiro atoms. The van der Waals surface area contributed by atoms with E-state index in [1.165, 1.54) is 30.6 Å². The number of piperidine rings is 2. The van der Waals surface area contributed by atoms with E-state index in [0.29, 0.717) is 12.0 Å². The van der Waals surface area contributed by atoms with Crippen molar-refractivity contribution in [3.63, 3.8) is 0 Å². The van der Waals surface area contributed by atoms with Gasteiger partial charge >= 0.3 is 0 Å². The molecule has 1 aromatic carbocycles. The topological polar surface area (TPSA) is 44.4 Å². The minimum absolute atomic E-state index is 0.252. The van der Waals surface area contributed by atoms with Crippen LogP contribution in [0.1, 0.15) is 50.7 Å². The summed E-state index contributed by atoms with van der Waals surface area (Å²) in [5.41, 5.74) is 2.90. The summed E-state index contributed by atoms with van der Waals surface area (Å²) in [7, 11) is 0. The fraction of sp³-hybridized carbons (Fsp3) is 0.696. The van der Waals surface area contributed by atoms with Crippen molar-refractivity contribution >= 4 is 5.91 Å². The molecule has 27 heavy (non-hydrogen) atoms. The van der Waals surface area contributed by atoms with Crippen molar-refractivity contribution in [3.8, 4) is 0 Å². The van der Waals surface area contributed by atoms with Gasteiger partial charge in [0, 0.05) is 32.1 Å². The highest BCUT2D eigenvalue weighted by Crippen LogP contribution is 2.58. The lowest BCUT2D eigenvalue weighted by atomic mass is 9.91. The van der Waals surface area contributed by atoms with E-state index in [1.807, 2.05) is 0 Å². The van der Waals surface area contributed by atoms with E-state index >= 15 is 0 Å². The third kappa shape index (κ3) is 4.55. The number of amides is 1. The molecule has 3 aliphatic rings. The Hall–Kier alpha value is -1.39. The van der Waals surface area contributed by atoms with Crippen molar-refractivity contribution in [2.24, 2.45) is 23.2 Å². The van der Waals surface area contributed by atoms with Crippen LogP contribution in [-0.2, 0) is 17.9 Å². The van der Waals surface area contributed by atoms with Gasteiger partial charge in [-0.1, -0.05) is 38.1 Å². The molecule has 2 aliphatic heterocycles. The molecule has 4 rings (SSSR count). The van der Waals surface area contributed by atoms with Crippen molar-refractivity contribution in [1.29, 1.82) is 0 Å². The molecule has 3 fully saturated rings. The number of carbonyl (C=O) groups is 1. The summed E-state index contributed by atoms with van der Waals surface area (Å²) in [5, 5.41) is 6.58. The monoisotopic (exact) mass is 369 g/mol. The minimum Gasteiger partial charge on any atom is -0.352 e. The first-order chi connectivity index (χ1) is 13.0. The average molecular weight is 370 g/mol. The average Bonchev–Trinajstić information content (AvgIpc) is 3.33. The zero-order valence-corrected chi connectivity index (χ0v) is 17.0. The normalized spacial score (nSPS) is 30.2. The van der Waals surface area contributed by atoms with Gasteiger partial charge in [-0.05, 0) is 67.2 Å². The van der Waals surface area contributed by atoms with Gasteiger partial charge in [0.1, 0.15) is 0 Å². The predicted octanol–water partition coefficient (Wildman–Crippen LogP) is 3.17. The Labute approximate surface area is 164 Å². The van der Waals surface area contributed by atoms with Gasteiger partial charge in [0.2, 0.25) is 5.91 Å². The highest BCUT2D eigenvalue weighted by molar-refractivity contribution is 5.82. The van der Waals surface area contributed by atoms with E-state index in [1.54, 1.807) is 0 Å². The maximum Gasteiger partial charge on any atom is 0.223 e. The summed E-state index contributed by atoms with van der Waals surface area (Å²) < 4.78 is 0. The lowest BCUT2D eigenvalue weighted by molar-refractivity contribution is -0.123. The van der Waals surface area contributed by atoms with Crippen LogP contribution in [0.2, 0.25) is 0 Å². The molecule has 2 saturated heterocycles. The summed E-state index contributed by atoms with van der Waals surface area (Å²) in [6.07, 6.45) is 4.76. The number of rotatable bonds is 5. The number of hydrogen-bond acceptors (Lipinski definition) is 3.